The van der Waals surface area contributed by atoms with Crippen molar-refractivity contribution in [1.29, 1.82) is 0 Å². The molecule has 0 spiro atoms. The van der Waals surface area contributed by atoms with Crippen LogP contribution < -0.4 is 15.5 Å². The van der Waals surface area contributed by atoms with E-state index in [1.54, 1.807) is 36.4 Å². The van der Waals surface area contributed by atoms with Crippen LogP contribution in [0.4, 0.5) is 5.69 Å². The fourth-order valence-electron chi connectivity index (χ4n) is 1.93. The van der Waals surface area contributed by atoms with Gasteiger partial charge >= 0.3 is 11.8 Å². The van der Waals surface area contributed by atoms with E-state index in [2.05, 4.69) is 22.8 Å². The van der Waals surface area contributed by atoms with Crippen molar-refractivity contribution in [3.05, 3.63) is 54.1 Å². The van der Waals surface area contributed by atoms with E-state index >= 15 is 0 Å². The van der Waals surface area contributed by atoms with Gasteiger partial charge in [-0.3, -0.25) is 9.59 Å². The Morgan fingerprint density at radius 2 is 1.77 bits per heavy atom. The van der Waals surface area contributed by atoms with Gasteiger partial charge in [0.2, 0.25) is 0 Å². The van der Waals surface area contributed by atoms with Crippen LogP contribution in [0.3, 0.4) is 0 Å². The lowest BCUT2D eigenvalue weighted by Gasteiger charge is -2.07. The molecule has 7 heteroatoms. The van der Waals surface area contributed by atoms with Crippen molar-refractivity contribution < 1.29 is 19.4 Å². The zero-order valence-electron chi connectivity index (χ0n) is 14.4. The van der Waals surface area contributed by atoms with Crippen LogP contribution in [-0.2, 0) is 9.59 Å². The molecule has 3 N–H and O–H groups in total. The number of hydrogen-bond acceptors (Lipinski definition) is 5. The van der Waals surface area contributed by atoms with Crippen molar-refractivity contribution in [2.45, 2.75) is 19.8 Å². The van der Waals surface area contributed by atoms with Gasteiger partial charge in [-0.05, 0) is 60.5 Å². The average Bonchev–Trinajstić information content (AvgIpc) is 2.65. The largest absolute Gasteiger partial charge is 0.508 e. The predicted octanol–water partition coefficient (Wildman–Crippen LogP) is 2.66. The molecule has 2 aromatic rings. The molecule has 0 bridgehead atoms. The van der Waals surface area contributed by atoms with Crippen molar-refractivity contribution >= 4 is 23.7 Å². The number of aromatic hydroxyl groups is 1. The van der Waals surface area contributed by atoms with E-state index in [-0.39, 0.29) is 5.75 Å². The molecule has 2 rings (SSSR count). The van der Waals surface area contributed by atoms with Crippen LogP contribution >= 0.6 is 0 Å². The summed E-state index contributed by atoms with van der Waals surface area (Å²) in [4.78, 5) is 23.6. The third-order valence-corrected chi connectivity index (χ3v) is 3.36. The molecule has 0 aliphatic rings. The SMILES string of the molecule is CCCCOc1ccc(NC(=O)C(=O)N/N=C/c2ccc(O)cc2)cc1. The molecule has 7 nitrogen and oxygen atoms in total. The van der Waals surface area contributed by atoms with Gasteiger partial charge < -0.3 is 15.2 Å². The van der Waals surface area contributed by atoms with Gasteiger partial charge in [0.25, 0.3) is 0 Å². The smallest absolute Gasteiger partial charge is 0.329 e. The number of nitrogens with one attached hydrogen (secondary N) is 2. The van der Waals surface area contributed by atoms with Gasteiger partial charge in [0.1, 0.15) is 11.5 Å². The molecular formula is C19H21N3O4. The maximum Gasteiger partial charge on any atom is 0.329 e. The van der Waals surface area contributed by atoms with E-state index in [1.807, 2.05) is 0 Å². The van der Waals surface area contributed by atoms with E-state index < -0.39 is 11.8 Å². The molecule has 0 saturated heterocycles. The molecule has 0 saturated carbocycles. The zero-order chi connectivity index (χ0) is 18.8. The molecule has 0 radical (unpaired) electrons. The van der Waals surface area contributed by atoms with Gasteiger partial charge in [0.05, 0.1) is 12.8 Å². The number of benzene rings is 2. The summed E-state index contributed by atoms with van der Waals surface area (Å²) in [5, 5.41) is 15.4. The van der Waals surface area contributed by atoms with Crippen molar-refractivity contribution in [3.63, 3.8) is 0 Å². The van der Waals surface area contributed by atoms with Crippen LogP contribution in [0.15, 0.2) is 53.6 Å². The molecule has 2 amide bonds. The first-order valence-corrected chi connectivity index (χ1v) is 8.24. The lowest BCUT2D eigenvalue weighted by molar-refractivity contribution is -0.136. The number of unbranched alkanes of at least 4 members (excludes halogenated alkanes) is 1. The minimum atomic E-state index is -0.886. The van der Waals surface area contributed by atoms with Gasteiger partial charge in [-0.2, -0.15) is 5.10 Å². The lowest BCUT2D eigenvalue weighted by atomic mass is 10.2. The average molecular weight is 355 g/mol. The van der Waals surface area contributed by atoms with Gasteiger partial charge in [-0.1, -0.05) is 13.3 Å². The molecule has 2 aromatic carbocycles. The molecule has 0 atom stereocenters. The summed E-state index contributed by atoms with van der Waals surface area (Å²) in [5.74, 6) is -0.873. The summed E-state index contributed by atoms with van der Waals surface area (Å²) in [6.45, 7) is 2.73. The Bertz CT molecular complexity index is 755. The first-order valence-electron chi connectivity index (χ1n) is 8.24. The number of anilines is 1. The summed E-state index contributed by atoms with van der Waals surface area (Å²) in [5.41, 5.74) is 3.29. The highest BCUT2D eigenvalue weighted by molar-refractivity contribution is 6.39. The van der Waals surface area contributed by atoms with Gasteiger partial charge in [-0.25, -0.2) is 5.43 Å². The third-order valence-electron chi connectivity index (χ3n) is 3.36. The van der Waals surface area contributed by atoms with Crippen molar-refractivity contribution in [2.24, 2.45) is 5.10 Å². The normalized spacial score (nSPS) is 10.5. The number of carbonyl (C=O) groups is 2. The van der Waals surface area contributed by atoms with Crippen molar-refractivity contribution in [1.82, 2.24) is 5.43 Å². The Balaban J connectivity index is 1.80. The summed E-state index contributed by atoms with van der Waals surface area (Å²) < 4.78 is 5.53. The highest BCUT2D eigenvalue weighted by Crippen LogP contribution is 2.16. The number of hydrogen-bond donors (Lipinski definition) is 3. The molecule has 0 aliphatic heterocycles. The van der Waals surface area contributed by atoms with Crippen LogP contribution in [0, 0.1) is 0 Å². The number of carbonyl (C=O) groups excluding carboxylic acids is 2. The lowest BCUT2D eigenvalue weighted by Crippen LogP contribution is -2.32. The fraction of sp³-hybridized carbons (Fsp3) is 0.211. The molecule has 26 heavy (non-hydrogen) atoms. The number of amides is 2. The molecule has 0 aromatic heterocycles. The van der Waals surface area contributed by atoms with E-state index in [0.29, 0.717) is 23.6 Å². The van der Waals surface area contributed by atoms with Gasteiger partial charge in [-0.15, -0.1) is 0 Å². The first kappa shape index (κ1) is 19.0. The molecule has 0 heterocycles. The van der Waals surface area contributed by atoms with E-state index in [9.17, 15) is 14.7 Å². The number of nitrogens with zero attached hydrogens (tertiary/aromatic N) is 1. The van der Waals surface area contributed by atoms with Crippen molar-refractivity contribution in [2.75, 3.05) is 11.9 Å². The van der Waals surface area contributed by atoms with Crippen LogP contribution in [0.5, 0.6) is 11.5 Å². The number of rotatable bonds is 7. The Morgan fingerprint density at radius 3 is 2.42 bits per heavy atom. The van der Waals surface area contributed by atoms with Crippen LogP contribution in [0.25, 0.3) is 0 Å². The van der Waals surface area contributed by atoms with Crippen LogP contribution in [-0.4, -0.2) is 29.7 Å². The first-order chi connectivity index (χ1) is 12.6. The molecular weight excluding hydrogens is 334 g/mol. The Kier molecular flexibility index (Phi) is 7.17. The molecule has 0 unspecified atom stereocenters. The number of hydrazone groups is 1. The minimum Gasteiger partial charge on any atom is -0.508 e. The Labute approximate surface area is 151 Å². The Morgan fingerprint density at radius 1 is 1.08 bits per heavy atom. The molecule has 136 valence electrons. The molecule has 0 aliphatic carbocycles. The van der Waals surface area contributed by atoms with Crippen molar-refractivity contribution in [3.8, 4) is 11.5 Å². The summed E-state index contributed by atoms with van der Waals surface area (Å²) in [7, 11) is 0. The van der Waals surface area contributed by atoms with Crippen LogP contribution in [0.1, 0.15) is 25.3 Å². The van der Waals surface area contributed by atoms with Gasteiger partial charge in [0, 0.05) is 5.69 Å². The second-order valence-electron chi connectivity index (χ2n) is 5.47. The summed E-state index contributed by atoms with van der Waals surface area (Å²) >= 11 is 0. The summed E-state index contributed by atoms with van der Waals surface area (Å²) in [6, 6.07) is 13.0. The third kappa shape index (κ3) is 6.27. The van der Waals surface area contributed by atoms with Gasteiger partial charge in [0.15, 0.2) is 0 Å². The fourth-order valence-corrected chi connectivity index (χ4v) is 1.93. The van der Waals surface area contributed by atoms with E-state index in [1.165, 1.54) is 18.3 Å². The number of ether oxygens (including phenoxy) is 1. The van der Waals surface area contributed by atoms with Crippen LogP contribution in [0.2, 0.25) is 0 Å². The maximum atomic E-state index is 11.8. The minimum absolute atomic E-state index is 0.132. The number of phenolic OH excluding ortho intramolecular Hbond substituents is 1. The molecule has 0 fully saturated rings. The topological polar surface area (TPSA) is 100 Å². The Hall–Kier alpha value is -3.35. The highest BCUT2D eigenvalue weighted by Gasteiger charge is 2.12. The number of phenols is 1. The van der Waals surface area contributed by atoms with E-state index in [4.69, 9.17) is 4.74 Å². The maximum absolute atomic E-state index is 11.8. The zero-order valence-corrected chi connectivity index (χ0v) is 14.4. The standard InChI is InChI=1S/C19H21N3O4/c1-2-3-12-26-17-10-6-15(7-11-17)21-18(24)19(25)22-20-13-14-4-8-16(23)9-5-14/h4-11,13,23H,2-3,12H2,1H3,(H,21,24)(H,22,25)/b20-13+. The summed E-state index contributed by atoms with van der Waals surface area (Å²) in [6.07, 6.45) is 3.40. The second kappa shape index (κ2) is 9.83. The van der Waals surface area contributed by atoms with E-state index in [0.717, 1.165) is 12.8 Å². The second-order valence-corrected chi connectivity index (χ2v) is 5.47. The predicted molar refractivity (Wildman–Crippen MR) is 99.3 cm³/mol. The monoisotopic (exact) mass is 355 g/mol. The quantitative estimate of drug-likeness (QED) is 0.308. The highest BCUT2D eigenvalue weighted by atomic mass is 16.5.